The van der Waals surface area contributed by atoms with Crippen molar-refractivity contribution in [3.63, 3.8) is 0 Å². The summed E-state index contributed by atoms with van der Waals surface area (Å²) < 4.78 is 8.12. The average Bonchev–Trinajstić information content (AvgIpc) is 2.99. The Kier molecular flexibility index (Phi) is 3.15. The molecular weight excluding hydrogens is 234 g/mol. The molecule has 94 valence electrons. The Labute approximate surface area is 106 Å². The number of nitrogens with two attached hydrogens (primary N) is 1. The molecule has 0 aromatic carbocycles. The van der Waals surface area contributed by atoms with Gasteiger partial charge in [-0.3, -0.25) is 4.68 Å². The highest BCUT2D eigenvalue weighted by Crippen LogP contribution is 2.41. The minimum atomic E-state index is 0.127. The zero-order chi connectivity index (χ0) is 11.7. The summed E-state index contributed by atoms with van der Waals surface area (Å²) in [6, 6.07) is 2.51. The first-order chi connectivity index (χ1) is 8.31. The van der Waals surface area contributed by atoms with Crippen molar-refractivity contribution in [2.45, 2.75) is 37.5 Å². The van der Waals surface area contributed by atoms with E-state index in [1.165, 1.54) is 12.2 Å². The van der Waals surface area contributed by atoms with E-state index >= 15 is 0 Å². The second kappa shape index (κ2) is 4.63. The van der Waals surface area contributed by atoms with Gasteiger partial charge >= 0.3 is 0 Å². The number of nitrogens with zero attached hydrogens (tertiary/aromatic N) is 2. The second-order valence-electron chi connectivity index (χ2n) is 4.97. The van der Waals surface area contributed by atoms with Gasteiger partial charge in [0.05, 0.1) is 17.3 Å². The molecule has 0 radical (unpaired) electrons. The van der Waals surface area contributed by atoms with Crippen LogP contribution in [0.15, 0.2) is 12.3 Å². The van der Waals surface area contributed by atoms with Crippen molar-refractivity contribution < 1.29 is 4.74 Å². The van der Waals surface area contributed by atoms with Crippen LogP contribution in [0.3, 0.4) is 0 Å². The van der Waals surface area contributed by atoms with Crippen LogP contribution >= 0.6 is 11.8 Å². The van der Waals surface area contributed by atoms with Crippen molar-refractivity contribution in [1.29, 1.82) is 0 Å². The first kappa shape index (κ1) is 11.6. The Bertz CT molecular complexity index is 387. The Morgan fingerprint density at radius 3 is 3.29 bits per heavy atom. The van der Waals surface area contributed by atoms with Crippen molar-refractivity contribution >= 4 is 11.8 Å². The number of rotatable bonds is 2. The van der Waals surface area contributed by atoms with Gasteiger partial charge in [-0.1, -0.05) is 0 Å². The van der Waals surface area contributed by atoms with Crippen molar-refractivity contribution in [1.82, 2.24) is 9.78 Å². The largest absolute Gasteiger partial charge is 0.374 e. The predicted molar refractivity (Wildman–Crippen MR) is 69.0 cm³/mol. The van der Waals surface area contributed by atoms with Gasteiger partial charge in [0.2, 0.25) is 0 Å². The average molecular weight is 253 g/mol. The molecule has 2 saturated heterocycles. The molecule has 0 aliphatic carbocycles. The number of thioether (sulfide) groups is 1. The van der Waals surface area contributed by atoms with Crippen LogP contribution in [0.1, 0.15) is 31.0 Å². The summed E-state index contributed by atoms with van der Waals surface area (Å²) in [6.07, 6.45) is 5.43. The molecule has 0 bridgehead atoms. The van der Waals surface area contributed by atoms with E-state index < -0.39 is 0 Å². The van der Waals surface area contributed by atoms with Crippen LogP contribution in [0.25, 0.3) is 0 Å². The fraction of sp³-hybridized carbons (Fsp3) is 0.750. The van der Waals surface area contributed by atoms with Crippen LogP contribution in [0.5, 0.6) is 0 Å². The third kappa shape index (κ3) is 2.23. The topological polar surface area (TPSA) is 53.1 Å². The molecule has 2 unspecified atom stereocenters. The van der Waals surface area contributed by atoms with Crippen LogP contribution in [-0.2, 0) is 11.3 Å². The van der Waals surface area contributed by atoms with E-state index in [-0.39, 0.29) is 5.60 Å². The Morgan fingerprint density at radius 1 is 1.65 bits per heavy atom. The predicted octanol–water partition coefficient (Wildman–Crippen LogP) is 1.57. The highest BCUT2D eigenvalue weighted by Gasteiger charge is 2.41. The van der Waals surface area contributed by atoms with Gasteiger partial charge in [-0.2, -0.15) is 16.9 Å². The second-order valence-corrected chi connectivity index (χ2v) is 6.08. The molecule has 2 N–H and O–H groups in total. The summed E-state index contributed by atoms with van der Waals surface area (Å²) in [5.41, 5.74) is 6.71. The van der Waals surface area contributed by atoms with Gasteiger partial charge in [0.15, 0.2) is 0 Å². The molecule has 1 aromatic rings. The van der Waals surface area contributed by atoms with Gasteiger partial charge in [0.25, 0.3) is 0 Å². The van der Waals surface area contributed by atoms with Gasteiger partial charge in [-0.05, 0) is 31.1 Å². The summed E-state index contributed by atoms with van der Waals surface area (Å²) in [5, 5.41) is 4.54. The number of ether oxygens (including phenoxy) is 1. The lowest BCUT2D eigenvalue weighted by Crippen LogP contribution is -2.40. The van der Waals surface area contributed by atoms with E-state index in [9.17, 15) is 0 Å². The monoisotopic (exact) mass is 253 g/mol. The molecule has 5 heteroatoms. The third-order valence-electron chi connectivity index (χ3n) is 3.78. The maximum atomic E-state index is 6.02. The number of hydrogen-bond acceptors (Lipinski definition) is 4. The maximum Gasteiger partial charge on any atom is 0.0800 e. The van der Waals surface area contributed by atoms with E-state index in [0.717, 1.165) is 30.9 Å². The van der Waals surface area contributed by atoms with Crippen molar-refractivity contribution in [3.05, 3.63) is 18.0 Å². The van der Waals surface area contributed by atoms with E-state index in [1.54, 1.807) is 0 Å². The Morgan fingerprint density at radius 2 is 2.59 bits per heavy atom. The molecule has 2 fully saturated rings. The third-order valence-corrected chi connectivity index (χ3v) is 5.00. The fourth-order valence-electron chi connectivity index (χ4n) is 2.78. The van der Waals surface area contributed by atoms with Gasteiger partial charge < -0.3 is 10.5 Å². The molecule has 0 saturated carbocycles. The highest BCUT2D eigenvalue weighted by molar-refractivity contribution is 7.99. The summed E-state index contributed by atoms with van der Waals surface area (Å²) in [4.78, 5) is 0. The van der Waals surface area contributed by atoms with Crippen LogP contribution in [0, 0.1) is 0 Å². The molecule has 4 nitrogen and oxygen atoms in total. The highest BCUT2D eigenvalue weighted by atomic mass is 32.2. The summed E-state index contributed by atoms with van der Waals surface area (Å²) in [7, 11) is 0. The molecule has 1 spiro atoms. The molecule has 3 heterocycles. The lowest BCUT2D eigenvalue weighted by atomic mass is 9.90. The molecule has 2 aliphatic rings. The van der Waals surface area contributed by atoms with Crippen LogP contribution in [0.4, 0.5) is 0 Å². The molecule has 1 aromatic heterocycles. The van der Waals surface area contributed by atoms with Crippen LogP contribution in [0.2, 0.25) is 0 Å². The Balaban J connectivity index is 1.74. The molecule has 3 rings (SSSR count). The molecule has 17 heavy (non-hydrogen) atoms. The summed E-state index contributed by atoms with van der Waals surface area (Å²) >= 11 is 2.01. The number of aromatic nitrogens is 2. The minimum absolute atomic E-state index is 0.127. The normalized spacial score (nSPS) is 33.4. The minimum Gasteiger partial charge on any atom is -0.374 e. The maximum absolute atomic E-state index is 6.02. The van der Waals surface area contributed by atoms with E-state index in [0.29, 0.717) is 12.6 Å². The lowest BCUT2D eigenvalue weighted by Gasteiger charge is -2.37. The first-order valence-corrected chi connectivity index (χ1v) is 7.43. The SMILES string of the molecule is NCc1ccn(C2CCOC3(CCSC3)C2)n1. The number of hydrogen-bond donors (Lipinski definition) is 1. The smallest absolute Gasteiger partial charge is 0.0800 e. The van der Waals surface area contributed by atoms with E-state index in [1.807, 2.05) is 17.8 Å². The lowest BCUT2D eigenvalue weighted by molar-refractivity contribution is -0.0778. The van der Waals surface area contributed by atoms with Crippen LogP contribution < -0.4 is 5.73 Å². The van der Waals surface area contributed by atoms with Gasteiger partial charge in [0, 0.05) is 25.1 Å². The van der Waals surface area contributed by atoms with Crippen molar-refractivity contribution in [2.24, 2.45) is 5.73 Å². The van der Waals surface area contributed by atoms with E-state index in [2.05, 4.69) is 16.0 Å². The Hall–Kier alpha value is -0.520. The van der Waals surface area contributed by atoms with Crippen LogP contribution in [-0.4, -0.2) is 33.5 Å². The summed E-state index contributed by atoms with van der Waals surface area (Å²) in [6.45, 7) is 1.39. The van der Waals surface area contributed by atoms with Gasteiger partial charge in [-0.15, -0.1) is 0 Å². The standard InChI is InChI=1S/C12H19N3OS/c13-8-10-1-4-15(14-10)11-2-5-16-12(7-11)3-6-17-9-12/h1,4,11H,2-3,5-9,13H2. The molecular formula is C12H19N3OS. The van der Waals surface area contributed by atoms with Crippen molar-refractivity contribution in [2.75, 3.05) is 18.1 Å². The van der Waals surface area contributed by atoms with Gasteiger partial charge in [-0.25, -0.2) is 0 Å². The zero-order valence-electron chi connectivity index (χ0n) is 9.97. The van der Waals surface area contributed by atoms with Crippen molar-refractivity contribution in [3.8, 4) is 0 Å². The molecule has 0 amide bonds. The van der Waals surface area contributed by atoms with E-state index in [4.69, 9.17) is 10.5 Å². The first-order valence-electron chi connectivity index (χ1n) is 6.27. The van der Waals surface area contributed by atoms with Gasteiger partial charge in [0.1, 0.15) is 0 Å². The quantitative estimate of drug-likeness (QED) is 0.869. The molecule has 2 atom stereocenters. The molecule has 2 aliphatic heterocycles. The fourth-order valence-corrected chi connectivity index (χ4v) is 4.16. The zero-order valence-corrected chi connectivity index (χ0v) is 10.8. The summed E-state index contributed by atoms with van der Waals surface area (Å²) in [5.74, 6) is 2.38.